The fourth-order valence-electron chi connectivity index (χ4n) is 2.50. The highest BCUT2D eigenvalue weighted by Crippen LogP contribution is 2.31. The first-order valence-corrected chi connectivity index (χ1v) is 7.41. The lowest BCUT2D eigenvalue weighted by Gasteiger charge is -2.10. The second-order valence-corrected chi connectivity index (χ2v) is 5.43. The molecule has 0 bridgehead atoms. The lowest BCUT2D eigenvalue weighted by Crippen LogP contribution is -2.17. The van der Waals surface area contributed by atoms with Crippen LogP contribution < -0.4 is 4.74 Å². The maximum atomic E-state index is 12.3. The summed E-state index contributed by atoms with van der Waals surface area (Å²) < 4.78 is 46.5. The SMILES string of the molecule is O=C(O)CCc1cc2cc(-c3cccc(OC(F)(F)F)c3)ccc2o1. The van der Waals surface area contributed by atoms with E-state index in [1.54, 1.807) is 30.3 Å². The summed E-state index contributed by atoms with van der Waals surface area (Å²) in [6, 6.07) is 12.6. The number of fused-ring (bicyclic) bond motifs is 1. The summed E-state index contributed by atoms with van der Waals surface area (Å²) in [5.74, 6) is -0.661. The average Bonchev–Trinajstić information content (AvgIpc) is 2.93. The van der Waals surface area contributed by atoms with Gasteiger partial charge in [0.25, 0.3) is 0 Å². The van der Waals surface area contributed by atoms with Gasteiger partial charge in [0.1, 0.15) is 17.1 Å². The van der Waals surface area contributed by atoms with Gasteiger partial charge in [0.2, 0.25) is 0 Å². The molecule has 0 aliphatic rings. The third kappa shape index (κ3) is 4.32. The first kappa shape index (κ1) is 16.9. The molecule has 1 N–H and O–H groups in total. The van der Waals surface area contributed by atoms with Gasteiger partial charge in [-0.05, 0) is 41.5 Å². The smallest absolute Gasteiger partial charge is 0.481 e. The quantitative estimate of drug-likeness (QED) is 0.702. The van der Waals surface area contributed by atoms with E-state index in [0.29, 0.717) is 22.5 Å². The molecule has 130 valence electrons. The largest absolute Gasteiger partial charge is 0.573 e. The van der Waals surface area contributed by atoms with Crippen molar-refractivity contribution in [2.45, 2.75) is 19.2 Å². The highest BCUT2D eigenvalue weighted by Gasteiger charge is 2.31. The molecule has 1 aromatic heterocycles. The van der Waals surface area contributed by atoms with Crippen LogP contribution in [0, 0.1) is 0 Å². The van der Waals surface area contributed by atoms with Gasteiger partial charge in [-0.25, -0.2) is 0 Å². The summed E-state index contributed by atoms with van der Waals surface area (Å²) in [6.45, 7) is 0. The molecule has 0 atom stereocenters. The van der Waals surface area contributed by atoms with Gasteiger partial charge >= 0.3 is 12.3 Å². The predicted molar refractivity (Wildman–Crippen MR) is 84.3 cm³/mol. The number of hydrogen-bond acceptors (Lipinski definition) is 3. The third-order valence-electron chi connectivity index (χ3n) is 3.55. The summed E-state index contributed by atoms with van der Waals surface area (Å²) in [5, 5.41) is 9.47. The van der Waals surface area contributed by atoms with Crippen LogP contribution in [0.4, 0.5) is 13.2 Å². The van der Waals surface area contributed by atoms with Crippen LogP contribution in [0.1, 0.15) is 12.2 Å². The van der Waals surface area contributed by atoms with Gasteiger partial charge in [0.05, 0.1) is 6.42 Å². The number of alkyl halides is 3. The zero-order chi connectivity index (χ0) is 18.0. The first-order valence-electron chi connectivity index (χ1n) is 7.41. The van der Waals surface area contributed by atoms with Crippen LogP contribution in [0.15, 0.2) is 52.9 Å². The van der Waals surface area contributed by atoms with Gasteiger partial charge < -0.3 is 14.3 Å². The zero-order valence-corrected chi connectivity index (χ0v) is 12.8. The summed E-state index contributed by atoms with van der Waals surface area (Å²) >= 11 is 0. The number of aryl methyl sites for hydroxylation is 1. The van der Waals surface area contributed by atoms with Crippen molar-refractivity contribution < 1.29 is 32.2 Å². The molecule has 0 aliphatic heterocycles. The minimum absolute atomic E-state index is 0.0382. The summed E-state index contributed by atoms with van der Waals surface area (Å²) in [5.41, 5.74) is 1.86. The topological polar surface area (TPSA) is 59.7 Å². The Bertz CT molecular complexity index is 912. The van der Waals surface area contributed by atoms with Gasteiger partial charge in [-0.1, -0.05) is 18.2 Å². The van der Waals surface area contributed by atoms with Gasteiger partial charge in [0.15, 0.2) is 0 Å². The van der Waals surface area contributed by atoms with Crippen molar-refractivity contribution in [3.05, 3.63) is 54.3 Å². The molecule has 0 aliphatic carbocycles. The van der Waals surface area contributed by atoms with E-state index in [2.05, 4.69) is 4.74 Å². The Hall–Kier alpha value is -2.96. The minimum Gasteiger partial charge on any atom is -0.481 e. The molecular formula is C18H13F3O4. The Morgan fingerprint density at radius 1 is 1.08 bits per heavy atom. The van der Waals surface area contributed by atoms with Gasteiger partial charge in [-0.2, -0.15) is 0 Å². The number of carboxylic acid groups (broad SMARTS) is 1. The number of rotatable bonds is 5. The fourth-order valence-corrected chi connectivity index (χ4v) is 2.50. The van der Waals surface area contributed by atoms with Crippen molar-refractivity contribution >= 4 is 16.9 Å². The number of furan rings is 1. The molecule has 7 heteroatoms. The van der Waals surface area contributed by atoms with E-state index >= 15 is 0 Å². The highest BCUT2D eigenvalue weighted by molar-refractivity contribution is 5.84. The number of halogens is 3. The molecule has 0 saturated carbocycles. The highest BCUT2D eigenvalue weighted by atomic mass is 19.4. The predicted octanol–water partition coefficient (Wildman–Crippen LogP) is 5.02. The van der Waals surface area contributed by atoms with Crippen molar-refractivity contribution in [1.29, 1.82) is 0 Å². The van der Waals surface area contributed by atoms with Crippen LogP contribution >= 0.6 is 0 Å². The molecule has 1 heterocycles. The van der Waals surface area contributed by atoms with E-state index in [4.69, 9.17) is 9.52 Å². The maximum Gasteiger partial charge on any atom is 0.573 e. The molecule has 25 heavy (non-hydrogen) atoms. The van der Waals surface area contributed by atoms with Crippen LogP contribution in [-0.2, 0) is 11.2 Å². The number of ether oxygens (including phenoxy) is 1. The fraction of sp³-hybridized carbons (Fsp3) is 0.167. The second-order valence-electron chi connectivity index (χ2n) is 5.43. The van der Waals surface area contributed by atoms with Crippen molar-refractivity contribution in [2.75, 3.05) is 0 Å². The molecule has 0 fully saturated rings. The van der Waals surface area contributed by atoms with E-state index in [-0.39, 0.29) is 18.6 Å². The van der Waals surface area contributed by atoms with E-state index < -0.39 is 12.3 Å². The summed E-state index contributed by atoms with van der Waals surface area (Å²) in [6.07, 6.45) is -4.51. The Labute approximate surface area is 140 Å². The number of hydrogen-bond donors (Lipinski definition) is 1. The molecule has 0 unspecified atom stereocenters. The van der Waals surface area contributed by atoms with Crippen LogP contribution in [0.25, 0.3) is 22.1 Å². The Morgan fingerprint density at radius 3 is 2.56 bits per heavy atom. The molecule has 3 aromatic rings. The molecular weight excluding hydrogens is 337 g/mol. The van der Waals surface area contributed by atoms with Crippen LogP contribution in [-0.4, -0.2) is 17.4 Å². The Balaban J connectivity index is 1.88. The number of aliphatic carboxylic acids is 1. The van der Waals surface area contributed by atoms with E-state index in [1.165, 1.54) is 18.2 Å². The van der Waals surface area contributed by atoms with Gasteiger partial charge in [-0.15, -0.1) is 13.2 Å². The molecule has 0 amide bonds. The zero-order valence-electron chi connectivity index (χ0n) is 12.8. The van der Waals surface area contributed by atoms with E-state index in [1.807, 2.05) is 0 Å². The van der Waals surface area contributed by atoms with Crippen molar-refractivity contribution in [1.82, 2.24) is 0 Å². The van der Waals surface area contributed by atoms with Crippen molar-refractivity contribution in [2.24, 2.45) is 0 Å². The third-order valence-corrected chi connectivity index (χ3v) is 3.55. The van der Waals surface area contributed by atoms with Crippen molar-refractivity contribution in [3.8, 4) is 16.9 Å². The monoisotopic (exact) mass is 350 g/mol. The van der Waals surface area contributed by atoms with Crippen molar-refractivity contribution in [3.63, 3.8) is 0 Å². The lowest BCUT2D eigenvalue weighted by molar-refractivity contribution is -0.274. The van der Waals surface area contributed by atoms with Gasteiger partial charge in [-0.3, -0.25) is 4.79 Å². The van der Waals surface area contributed by atoms with E-state index in [9.17, 15) is 18.0 Å². The molecule has 0 saturated heterocycles. The number of carbonyl (C=O) groups is 1. The molecule has 4 nitrogen and oxygen atoms in total. The van der Waals surface area contributed by atoms with Crippen LogP contribution in [0.3, 0.4) is 0 Å². The average molecular weight is 350 g/mol. The minimum atomic E-state index is -4.74. The molecule has 0 spiro atoms. The van der Waals surface area contributed by atoms with Crippen LogP contribution in [0.2, 0.25) is 0 Å². The normalized spacial score (nSPS) is 11.6. The second kappa shape index (κ2) is 6.51. The number of benzene rings is 2. The van der Waals surface area contributed by atoms with Gasteiger partial charge in [0, 0.05) is 11.8 Å². The summed E-state index contributed by atoms with van der Waals surface area (Å²) in [7, 11) is 0. The lowest BCUT2D eigenvalue weighted by atomic mass is 10.0. The summed E-state index contributed by atoms with van der Waals surface area (Å²) in [4.78, 5) is 10.6. The first-order chi connectivity index (χ1) is 11.8. The Morgan fingerprint density at radius 2 is 1.84 bits per heavy atom. The maximum absolute atomic E-state index is 12.3. The molecule has 0 radical (unpaired) electrons. The van der Waals surface area contributed by atoms with E-state index in [0.717, 1.165) is 5.39 Å². The Kier molecular flexibility index (Phi) is 4.39. The molecule has 2 aromatic carbocycles. The standard InChI is InChI=1S/C18H13F3O4/c19-18(20,21)25-15-3-1-2-11(9-15)12-4-6-16-13(8-12)10-14(24-16)5-7-17(22)23/h1-4,6,8-10H,5,7H2,(H,22,23). The van der Waals surface area contributed by atoms with Crippen LogP contribution in [0.5, 0.6) is 5.75 Å². The number of carboxylic acids is 1. The molecule has 3 rings (SSSR count).